The van der Waals surface area contributed by atoms with E-state index in [1.807, 2.05) is 0 Å². The molecule has 0 spiro atoms. The van der Waals surface area contributed by atoms with Crippen LogP contribution >= 0.6 is 0 Å². The van der Waals surface area contributed by atoms with E-state index in [1.54, 1.807) is 0 Å². The van der Waals surface area contributed by atoms with Crippen LogP contribution in [0.1, 0.15) is 55.7 Å². The molecule has 1 aliphatic heterocycles. The molecule has 0 aromatic carbocycles. The zero-order chi connectivity index (χ0) is 26.2. The first-order chi connectivity index (χ1) is 16.3. The van der Waals surface area contributed by atoms with Crippen LogP contribution in [-0.2, 0) is 27.4 Å². The van der Waals surface area contributed by atoms with Gasteiger partial charge >= 0.3 is 24.3 Å². The molecule has 1 aromatic rings. The zero-order valence-corrected chi connectivity index (χ0v) is 18.9. The summed E-state index contributed by atoms with van der Waals surface area (Å²) in [6, 6.07) is 0. The molecule has 2 heterocycles. The number of halogens is 6. The standard InChI is InChI=1S/C17H27N3O.2C2HF3O2/c1-2-4-13(3-1)10-20-17-15(9-19-20)7-18-8-16(17)12-21-11-14-5-6-14;2*3-2(4,5)1(6)7/h9,13-14,16,18H,1-8,10-12H2;2*(H,6,7). The maximum absolute atomic E-state index is 10.6. The van der Waals surface area contributed by atoms with Crippen LogP contribution in [0, 0.1) is 11.8 Å². The van der Waals surface area contributed by atoms with Crippen LogP contribution in [0.4, 0.5) is 26.3 Å². The number of nitrogens with zero attached hydrogens (tertiary/aromatic N) is 2. The quantitative estimate of drug-likeness (QED) is 0.490. The highest BCUT2D eigenvalue weighted by molar-refractivity contribution is 5.73. The molecule has 0 bridgehead atoms. The summed E-state index contributed by atoms with van der Waals surface area (Å²) < 4.78 is 71.7. The summed E-state index contributed by atoms with van der Waals surface area (Å²) in [6.07, 6.45) is 0.227. The van der Waals surface area contributed by atoms with Crippen molar-refractivity contribution in [3.8, 4) is 0 Å². The van der Waals surface area contributed by atoms with Crippen LogP contribution in [0.3, 0.4) is 0 Å². The van der Waals surface area contributed by atoms with E-state index in [0.29, 0.717) is 5.92 Å². The lowest BCUT2D eigenvalue weighted by Crippen LogP contribution is -2.32. The molecule has 0 radical (unpaired) electrons. The summed E-state index contributed by atoms with van der Waals surface area (Å²) in [7, 11) is 0. The predicted octanol–water partition coefficient (Wildman–Crippen LogP) is 3.95. The van der Waals surface area contributed by atoms with E-state index in [9.17, 15) is 26.3 Å². The first-order valence-electron chi connectivity index (χ1n) is 11.2. The minimum atomic E-state index is -5.08. The summed E-state index contributed by atoms with van der Waals surface area (Å²) in [5.74, 6) is -3.34. The number of rotatable bonds is 6. The van der Waals surface area contributed by atoms with Crippen molar-refractivity contribution in [1.82, 2.24) is 15.1 Å². The van der Waals surface area contributed by atoms with Crippen LogP contribution in [0.25, 0.3) is 0 Å². The molecular weight excluding hydrogens is 488 g/mol. The van der Waals surface area contributed by atoms with Crippen molar-refractivity contribution in [3.63, 3.8) is 0 Å². The highest BCUT2D eigenvalue weighted by atomic mass is 19.4. The highest BCUT2D eigenvalue weighted by Gasteiger charge is 2.39. The van der Waals surface area contributed by atoms with Gasteiger partial charge in [0.05, 0.1) is 12.8 Å². The first kappa shape index (κ1) is 28.9. The Morgan fingerprint density at radius 2 is 1.51 bits per heavy atom. The van der Waals surface area contributed by atoms with Crippen LogP contribution in [0.5, 0.6) is 0 Å². The monoisotopic (exact) mass is 517 g/mol. The molecule has 2 aliphatic carbocycles. The van der Waals surface area contributed by atoms with E-state index < -0.39 is 24.3 Å². The fourth-order valence-electron chi connectivity index (χ4n) is 3.90. The average molecular weight is 517 g/mol. The summed E-state index contributed by atoms with van der Waals surface area (Å²) in [5, 5.41) is 22.5. The molecule has 1 atom stereocenters. The summed E-state index contributed by atoms with van der Waals surface area (Å²) >= 11 is 0. The third-order valence-electron chi connectivity index (χ3n) is 5.81. The van der Waals surface area contributed by atoms with Crippen molar-refractivity contribution >= 4 is 11.9 Å². The van der Waals surface area contributed by atoms with Crippen molar-refractivity contribution < 1.29 is 50.9 Å². The van der Waals surface area contributed by atoms with Gasteiger partial charge in [-0.3, -0.25) is 4.68 Å². The molecule has 3 N–H and O–H groups in total. The minimum absolute atomic E-state index is 0.483. The second-order valence-electron chi connectivity index (χ2n) is 8.80. The predicted molar refractivity (Wildman–Crippen MR) is 110 cm³/mol. The summed E-state index contributed by atoms with van der Waals surface area (Å²) in [6.45, 7) is 4.94. The van der Waals surface area contributed by atoms with E-state index >= 15 is 0 Å². The van der Waals surface area contributed by atoms with Crippen molar-refractivity contribution in [3.05, 3.63) is 17.5 Å². The second kappa shape index (κ2) is 12.6. The first-order valence-corrected chi connectivity index (χ1v) is 11.2. The van der Waals surface area contributed by atoms with Gasteiger partial charge in [-0.1, -0.05) is 12.8 Å². The van der Waals surface area contributed by atoms with Gasteiger partial charge in [-0.15, -0.1) is 0 Å². The molecule has 2 fully saturated rings. The Labute approximate surface area is 197 Å². The lowest BCUT2D eigenvalue weighted by molar-refractivity contribution is -0.193. The largest absolute Gasteiger partial charge is 0.490 e. The number of carboxylic acids is 2. The van der Waals surface area contributed by atoms with E-state index in [1.165, 1.54) is 49.8 Å². The molecule has 0 saturated heterocycles. The SMILES string of the molecule is O=C(O)C(F)(F)F.O=C(O)C(F)(F)F.c1nn(CC2CCCC2)c2c1CNCC2COCC1CC1. The molecule has 8 nitrogen and oxygen atoms in total. The van der Waals surface area contributed by atoms with Crippen LogP contribution in [0.2, 0.25) is 0 Å². The van der Waals surface area contributed by atoms with Gasteiger partial charge in [-0.2, -0.15) is 31.4 Å². The Morgan fingerprint density at radius 3 is 2.00 bits per heavy atom. The molecule has 2 saturated carbocycles. The Bertz CT molecular complexity index is 808. The van der Waals surface area contributed by atoms with Crippen LogP contribution in [0.15, 0.2) is 6.20 Å². The topological polar surface area (TPSA) is 114 Å². The molecule has 3 aliphatic rings. The number of fused-ring (bicyclic) bond motifs is 1. The Hall–Kier alpha value is -2.35. The van der Waals surface area contributed by atoms with Gasteiger partial charge in [0.2, 0.25) is 0 Å². The van der Waals surface area contributed by atoms with Crippen LogP contribution < -0.4 is 5.32 Å². The third-order valence-corrected chi connectivity index (χ3v) is 5.81. The molecular formula is C21H29F6N3O5. The van der Waals surface area contributed by atoms with Gasteiger partial charge in [0.25, 0.3) is 0 Å². The summed E-state index contributed by atoms with van der Waals surface area (Å²) in [5.41, 5.74) is 2.84. The van der Waals surface area contributed by atoms with Gasteiger partial charge in [0.1, 0.15) is 0 Å². The fraction of sp³-hybridized carbons (Fsp3) is 0.762. The number of ether oxygens (including phenoxy) is 1. The second-order valence-corrected chi connectivity index (χ2v) is 8.80. The van der Waals surface area contributed by atoms with Crippen molar-refractivity contribution in [2.45, 2.75) is 69.9 Å². The van der Waals surface area contributed by atoms with Gasteiger partial charge in [-0.05, 0) is 37.5 Å². The van der Waals surface area contributed by atoms with Crippen molar-refractivity contribution in [1.29, 1.82) is 0 Å². The van der Waals surface area contributed by atoms with Gasteiger partial charge in [0, 0.05) is 43.4 Å². The molecule has 35 heavy (non-hydrogen) atoms. The zero-order valence-electron chi connectivity index (χ0n) is 18.9. The molecule has 1 unspecified atom stereocenters. The minimum Gasteiger partial charge on any atom is -0.475 e. The fourth-order valence-corrected chi connectivity index (χ4v) is 3.90. The molecule has 1 aromatic heterocycles. The van der Waals surface area contributed by atoms with Gasteiger partial charge in [-0.25, -0.2) is 9.59 Å². The normalized spacial score (nSPS) is 20.2. The van der Waals surface area contributed by atoms with E-state index in [4.69, 9.17) is 24.5 Å². The maximum atomic E-state index is 10.6. The number of hydrogen-bond acceptors (Lipinski definition) is 5. The molecule has 14 heteroatoms. The number of carbonyl (C=O) groups is 2. The van der Waals surface area contributed by atoms with Gasteiger partial charge < -0.3 is 20.3 Å². The van der Waals surface area contributed by atoms with Crippen LogP contribution in [-0.4, -0.2) is 64.0 Å². The smallest absolute Gasteiger partial charge is 0.475 e. The Morgan fingerprint density at radius 1 is 0.971 bits per heavy atom. The number of aromatic nitrogens is 2. The molecule has 0 amide bonds. The number of alkyl halides is 6. The number of hydrogen-bond donors (Lipinski definition) is 3. The number of carboxylic acid groups (broad SMARTS) is 2. The number of aliphatic carboxylic acids is 2. The molecule has 4 rings (SSSR count). The lowest BCUT2D eigenvalue weighted by atomic mass is 9.98. The van der Waals surface area contributed by atoms with E-state index in [-0.39, 0.29) is 0 Å². The lowest BCUT2D eigenvalue weighted by Gasteiger charge is -2.26. The average Bonchev–Trinajstić information content (AvgIpc) is 3.26. The highest BCUT2D eigenvalue weighted by Crippen LogP contribution is 2.32. The Balaban J connectivity index is 0.000000257. The molecule has 200 valence electrons. The Kier molecular flexibility index (Phi) is 10.4. The van der Waals surface area contributed by atoms with E-state index in [0.717, 1.165) is 44.7 Å². The van der Waals surface area contributed by atoms with Crippen molar-refractivity contribution in [2.24, 2.45) is 11.8 Å². The van der Waals surface area contributed by atoms with Gasteiger partial charge in [0.15, 0.2) is 0 Å². The summed E-state index contributed by atoms with van der Waals surface area (Å²) in [4.78, 5) is 17.8. The van der Waals surface area contributed by atoms with E-state index in [2.05, 4.69) is 21.3 Å². The van der Waals surface area contributed by atoms with Crippen molar-refractivity contribution in [2.75, 3.05) is 19.8 Å². The third kappa shape index (κ3) is 10.0. The number of nitrogens with one attached hydrogen (secondary N) is 1. The maximum Gasteiger partial charge on any atom is 0.490 e.